The predicted octanol–water partition coefficient (Wildman–Crippen LogP) is 21.2. The van der Waals surface area contributed by atoms with Gasteiger partial charge in [-0.25, -0.2) is 9.13 Å². The molecule has 0 bridgehead atoms. The summed E-state index contributed by atoms with van der Waals surface area (Å²) in [5.74, 6) is -2.22. The standard InChI is InChI=1S/C77H134O17P2/c1-5-9-13-17-21-25-29-32-34-35-37-39-43-46-50-54-58-62-75(80)88-68-73(94-77(82)64-60-56-52-48-44-40-36-33-30-26-22-18-14-10-6-2)70-92-96(85,86)90-66-71(78)65-89-95(83,84)91-69-72(93-76(81)63-59-55-51-47-41-28-24-20-16-12-8-4)67-87-74(79)61-57-53-49-45-42-38-31-27-23-19-15-11-7-3/h9-10,13-14,20-22,24-26,32-34,36-37,39,71-73,78H,5-8,11-12,15-19,23,27-31,35,38,40-70H2,1-4H3,(H,83,84)(H,85,86)/b13-9-,14-10-,24-20-,25-21-,26-22-,34-32-,36-33-,39-37-. The van der Waals surface area contributed by atoms with E-state index in [9.17, 15) is 43.2 Å². The molecule has 0 aliphatic rings. The van der Waals surface area contributed by atoms with Crippen LogP contribution in [0, 0.1) is 0 Å². The Balaban J connectivity index is 5.35. The van der Waals surface area contributed by atoms with E-state index in [2.05, 4.69) is 125 Å². The van der Waals surface area contributed by atoms with Crippen LogP contribution in [0.2, 0.25) is 0 Å². The third-order valence-corrected chi connectivity index (χ3v) is 17.4. The molecule has 19 heteroatoms. The number of rotatable bonds is 70. The molecule has 0 aromatic heterocycles. The van der Waals surface area contributed by atoms with Gasteiger partial charge in [0.1, 0.15) is 19.3 Å². The molecule has 0 radical (unpaired) electrons. The molecule has 0 fully saturated rings. The van der Waals surface area contributed by atoms with Gasteiger partial charge in [0.15, 0.2) is 12.2 Å². The number of ether oxygens (including phenoxy) is 4. The van der Waals surface area contributed by atoms with Crippen LogP contribution in [-0.4, -0.2) is 96.7 Å². The lowest BCUT2D eigenvalue weighted by molar-refractivity contribution is -0.161. The van der Waals surface area contributed by atoms with Crippen LogP contribution in [0.15, 0.2) is 97.2 Å². The largest absolute Gasteiger partial charge is 0.472 e. The number of allylic oxidation sites excluding steroid dienone is 16. The lowest BCUT2D eigenvalue weighted by Crippen LogP contribution is -2.30. The van der Waals surface area contributed by atoms with E-state index < -0.39 is 97.5 Å². The predicted molar refractivity (Wildman–Crippen MR) is 390 cm³/mol. The molecule has 3 N–H and O–H groups in total. The van der Waals surface area contributed by atoms with Gasteiger partial charge in [-0.15, -0.1) is 0 Å². The molecule has 0 rings (SSSR count). The van der Waals surface area contributed by atoms with Gasteiger partial charge in [0.25, 0.3) is 0 Å². The van der Waals surface area contributed by atoms with E-state index in [1.165, 1.54) is 70.6 Å². The van der Waals surface area contributed by atoms with Gasteiger partial charge in [-0.2, -0.15) is 0 Å². The van der Waals surface area contributed by atoms with Crippen molar-refractivity contribution < 1.29 is 80.2 Å². The van der Waals surface area contributed by atoms with Crippen molar-refractivity contribution in [2.24, 2.45) is 0 Å². The van der Waals surface area contributed by atoms with Crippen LogP contribution in [0.1, 0.15) is 310 Å². The summed E-state index contributed by atoms with van der Waals surface area (Å²) in [7, 11) is -9.95. The molecule has 0 aromatic rings. The summed E-state index contributed by atoms with van der Waals surface area (Å²) in [5.41, 5.74) is 0. The van der Waals surface area contributed by atoms with Gasteiger partial charge >= 0.3 is 39.5 Å². The van der Waals surface area contributed by atoms with Crippen LogP contribution in [0.4, 0.5) is 0 Å². The third-order valence-electron chi connectivity index (χ3n) is 15.5. The second-order valence-electron chi connectivity index (χ2n) is 24.8. The first kappa shape index (κ1) is 92.0. The van der Waals surface area contributed by atoms with Gasteiger partial charge in [0, 0.05) is 25.7 Å². The van der Waals surface area contributed by atoms with Gasteiger partial charge in [0.2, 0.25) is 0 Å². The molecule has 0 aliphatic carbocycles. The Morgan fingerprint density at radius 2 is 0.552 bits per heavy atom. The summed E-state index contributed by atoms with van der Waals surface area (Å²) >= 11 is 0. The number of phosphoric acid groups is 2. The average Bonchev–Trinajstić information content (AvgIpc) is 2.18. The maximum absolute atomic E-state index is 13.1. The zero-order valence-electron chi connectivity index (χ0n) is 60.3. The number of hydrogen-bond donors (Lipinski definition) is 3. The zero-order valence-corrected chi connectivity index (χ0v) is 62.1. The Morgan fingerprint density at radius 3 is 0.875 bits per heavy atom. The molecule has 0 spiro atoms. The Morgan fingerprint density at radius 1 is 0.302 bits per heavy atom. The number of phosphoric ester groups is 2. The van der Waals surface area contributed by atoms with Crippen molar-refractivity contribution in [3.05, 3.63) is 97.2 Å². The first-order valence-corrected chi connectivity index (χ1v) is 40.5. The number of carbonyl (C=O) groups is 4. The molecule has 96 heavy (non-hydrogen) atoms. The Bertz CT molecular complexity index is 2200. The summed E-state index contributed by atoms with van der Waals surface area (Å²) in [6.45, 7) is 4.57. The summed E-state index contributed by atoms with van der Waals surface area (Å²) < 4.78 is 68.4. The molecule has 5 atom stereocenters. The van der Waals surface area contributed by atoms with E-state index in [1.54, 1.807) is 0 Å². The first-order valence-electron chi connectivity index (χ1n) is 37.5. The topological polar surface area (TPSA) is 237 Å². The van der Waals surface area contributed by atoms with Gasteiger partial charge in [-0.1, -0.05) is 266 Å². The van der Waals surface area contributed by atoms with Crippen molar-refractivity contribution in [3.8, 4) is 0 Å². The SMILES string of the molecule is CC/C=C\C/C=C\C/C=C\C/C=C\CCCCCCC(=O)OCC(COP(=O)(O)OCC(O)COP(=O)(O)OCC(COC(=O)CCCCCCCCCCCCCCC)OC(=O)CCCCCCC/C=C\CCCC)OC(=O)CCCCCCC/C=C\C/C=C\C/C=C\CC. The summed E-state index contributed by atoms with van der Waals surface area (Å²) in [6.07, 6.45) is 71.2. The van der Waals surface area contributed by atoms with Gasteiger partial charge < -0.3 is 33.8 Å². The van der Waals surface area contributed by atoms with Crippen molar-refractivity contribution in [2.45, 2.75) is 329 Å². The van der Waals surface area contributed by atoms with Crippen LogP contribution in [-0.2, 0) is 65.4 Å². The molecule has 0 aromatic carbocycles. The van der Waals surface area contributed by atoms with E-state index >= 15 is 0 Å². The van der Waals surface area contributed by atoms with Crippen LogP contribution >= 0.6 is 15.6 Å². The molecule has 0 heterocycles. The van der Waals surface area contributed by atoms with Crippen LogP contribution < -0.4 is 0 Å². The number of hydrogen-bond acceptors (Lipinski definition) is 15. The minimum Gasteiger partial charge on any atom is -0.462 e. The maximum Gasteiger partial charge on any atom is 0.472 e. The van der Waals surface area contributed by atoms with E-state index in [4.69, 9.17) is 37.0 Å². The molecule has 0 amide bonds. The summed E-state index contributed by atoms with van der Waals surface area (Å²) in [5, 5.41) is 10.6. The fourth-order valence-corrected chi connectivity index (χ4v) is 11.4. The minimum atomic E-state index is -4.98. The van der Waals surface area contributed by atoms with Crippen molar-refractivity contribution in [3.63, 3.8) is 0 Å². The van der Waals surface area contributed by atoms with Crippen LogP contribution in [0.5, 0.6) is 0 Å². The van der Waals surface area contributed by atoms with Crippen molar-refractivity contribution in [1.29, 1.82) is 0 Å². The molecule has 0 saturated carbocycles. The van der Waals surface area contributed by atoms with E-state index in [1.807, 2.05) is 0 Å². The first-order chi connectivity index (χ1) is 46.7. The molecular formula is C77H134O17P2. The Labute approximate surface area is 582 Å². The van der Waals surface area contributed by atoms with Crippen LogP contribution in [0.3, 0.4) is 0 Å². The zero-order chi connectivity index (χ0) is 70.4. The molecule has 5 unspecified atom stereocenters. The Hall–Kier alpha value is -4.02. The fourth-order valence-electron chi connectivity index (χ4n) is 9.85. The third kappa shape index (κ3) is 68.5. The number of unbranched alkanes of at least 4 members (excludes halogenated alkanes) is 28. The lowest BCUT2D eigenvalue weighted by atomic mass is 10.0. The molecule has 554 valence electrons. The van der Waals surface area contributed by atoms with Crippen molar-refractivity contribution >= 4 is 39.5 Å². The highest BCUT2D eigenvalue weighted by atomic mass is 31.2. The minimum absolute atomic E-state index is 0.0693. The molecular weight excluding hydrogens is 1260 g/mol. The van der Waals surface area contributed by atoms with Gasteiger partial charge in [-0.3, -0.25) is 37.3 Å². The van der Waals surface area contributed by atoms with E-state index in [0.717, 1.165) is 161 Å². The molecule has 0 aliphatic heterocycles. The molecule has 17 nitrogen and oxygen atoms in total. The normalized spacial score (nSPS) is 14.5. The second kappa shape index (κ2) is 69.5. The monoisotopic (exact) mass is 1390 g/mol. The quantitative estimate of drug-likeness (QED) is 0.0169. The number of esters is 4. The highest BCUT2D eigenvalue weighted by molar-refractivity contribution is 7.47. The lowest BCUT2D eigenvalue weighted by Gasteiger charge is -2.21. The highest BCUT2D eigenvalue weighted by Crippen LogP contribution is 2.45. The van der Waals surface area contributed by atoms with Gasteiger partial charge in [-0.05, 0) is 116 Å². The van der Waals surface area contributed by atoms with Crippen molar-refractivity contribution in [2.75, 3.05) is 39.6 Å². The smallest absolute Gasteiger partial charge is 0.462 e. The highest BCUT2D eigenvalue weighted by Gasteiger charge is 2.30. The second-order valence-corrected chi connectivity index (χ2v) is 27.7. The average molecular weight is 1390 g/mol. The van der Waals surface area contributed by atoms with E-state index in [-0.39, 0.29) is 25.7 Å². The Kier molecular flexibility index (Phi) is 66.6. The van der Waals surface area contributed by atoms with Crippen LogP contribution in [0.25, 0.3) is 0 Å². The van der Waals surface area contributed by atoms with E-state index in [0.29, 0.717) is 25.7 Å². The fraction of sp³-hybridized carbons (Fsp3) is 0.740. The maximum atomic E-state index is 13.1. The number of carbonyl (C=O) groups excluding carboxylic acids is 4. The number of aliphatic hydroxyl groups is 1. The van der Waals surface area contributed by atoms with Gasteiger partial charge in [0.05, 0.1) is 26.4 Å². The summed E-state index contributed by atoms with van der Waals surface area (Å²) in [4.78, 5) is 72.7. The molecule has 0 saturated heterocycles. The summed E-state index contributed by atoms with van der Waals surface area (Å²) in [6, 6.07) is 0. The number of aliphatic hydroxyl groups excluding tert-OH is 1. The van der Waals surface area contributed by atoms with Crippen molar-refractivity contribution in [1.82, 2.24) is 0 Å².